The molecule has 164 valence electrons. The molecule has 0 saturated heterocycles. The fraction of sp³-hybridized carbons (Fsp3) is 0.318. The maximum absolute atomic E-state index is 13.1. The lowest BCUT2D eigenvalue weighted by atomic mass is 10.1. The Kier molecular flexibility index (Phi) is 6.72. The Balaban J connectivity index is 1.72. The number of halogens is 4. The van der Waals surface area contributed by atoms with Gasteiger partial charge in [0.05, 0.1) is 5.56 Å². The van der Waals surface area contributed by atoms with Crippen LogP contribution in [0.15, 0.2) is 53.1 Å². The standard InChI is InChI=1S/C22H21F4N3O2/c1-3-14(2)29(21(30)16-4-8-17(9-5-16)22(24,25)26)13-12-19-27-20(28-31-19)15-6-10-18(23)11-7-15/h4-11,14H,3,12-13H2,1-2H3/t14-/m1/s1. The predicted octanol–water partition coefficient (Wildman–Crippen LogP) is 5.38. The van der Waals surface area contributed by atoms with E-state index in [-0.39, 0.29) is 36.3 Å². The van der Waals surface area contributed by atoms with Crippen molar-refractivity contribution < 1.29 is 26.9 Å². The molecule has 0 fully saturated rings. The summed E-state index contributed by atoms with van der Waals surface area (Å²) < 4.78 is 56.6. The molecule has 0 aliphatic carbocycles. The van der Waals surface area contributed by atoms with Crippen LogP contribution in [-0.4, -0.2) is 33.5 Å². The van der Waals surface area contributed by atoms with Gasteiger partial charge in [-0.25, -0.2) is 4.39 Å². The second-order valence-corrected chi connectivity index (χ2v) is 7.10. The summed E-state index contributed by atoms with van der Waals surface area (Å²) >= 11 is 0. The zero-order valence-corrected chi connectivity index (χ0v) is 17.0. The molecule has 0 saturated carbocycles. The number of alkyl halides is 3. The van der Waals surface area contributed by atoms with Crippen LogP contribution in [-0.2, 0) is 12.6 Å². The number of carbonyl (C=O) groups is 1. The molecule has 1 atom stereocenters. The number of aromatic nitrogens is 2. The van der Waals surface area contributed by atoms with Gasteiger partial charge in [-0.1, -0.05) is 12.1 Å². The Bertz CT molecular complexity index is 1010. The Morgan fingerprint density at radius 3 is 2.32 bits per heavy atom. The monoisotopic (exact) mass is 435 g/mol. The molecule has 9 heteroatoms. The smallest absolute Gasteiger partial charge is 0.339 e. The van der Waals surface area contributed by atoms with Crippen molar-refractivity contribution in [1.82, 2.24) is 15.0 Å². The van der Waals surface area contributed by atoms with Crippen LogP contribution in [0.4, 0.5) is 17.6 Å². The Labute approximate surface area is 176 Å². The van der Waals surface area contributed by atoms with Gasteiger partial charge in [-0.2, -0.15) is 18.2 Å². The van der Waals surface area contributed by atoms with E-state index in [1.54, 1.807) is 4.90 Å². The van der Waals surface area contributed by atoms with Crippen LogP contribution in [0.3, 0.4) is 0 Å². The van der Waals surface area contributed by atoms with Gasteiger partial charge in [-0.15, -0.1) is 0 Å². The topological polar surface area (TPSA) is 59.2 Å². The lowest BCUT2D eigenvalue weighted by Crippen LogP contribution is -2.39. The fourth-order valence-corrected chi connectivity index (χ4v) is 3.00. The highest BCUT2D eigenvalue weighted by Gasteiger charge is 2.30. The van der Waals surface area contributed by atoms with Crippen molar-refractivity contribution in [1.29, 1.82) is 0 Å². The number of nitrogens with zero attached hydrogens (tertiary/aromatic N) is 3. The molecule has 31 heavy (non-hydrogen) atoms. The van der Waals surface area contributed by atoms with E-state index in [4.69, 9.17) is 4.52 Å². The van der Waals surface area contributed by atoms with E-state index in [0.29, 0.717) is 23.7 Å². The van der Waals surface area contributed by atoms with Gasteiger partial charge in [-0.3, -0.25) is 4.79 Å². The molecule has 2 aromatic carbocycles. The second kappa shape index (κ2) is 9.28. The lowest BCUT2D eigenvalue weighted by Gasteiger charge is -2.28. The highest BCUT2D eigenvalue weighted by atomic mass is 19.4. The van der Waals surface area contributed by atoms with Gasteiger partial charge in [-0.05, 0) is 61.9 Å². The number of benzene rings is 2. The molecule has 0 aliphatic rings. The SMILES string of the molecule is CC[C@@H](C)N(CCc1nc(-c2ccc(F)cc2)no1)C(=O)c1ccc(C(F)(F)F)cc1. The Hall–Kier alpha value is -3.23. The molecule has 0 bridgehead atoms. The largest absolute Gasteiger partial charge is 0.416 e. The summed E-state index contributed by atoms with van der Waals surface area (Å²) in [5.41, 5.74) is -0.0415. The van der Waals surface area contributed by atoms with Crippen LogP contribution in [0.2, 0.25) is 0 Å². The minimum absolute atomic E-state index is 0.144. The quantitative estimate of drug-likeness (QED) is 0.468. The van der Waals surface area contributed by atoms with Crippen LogP contribution in [0.1, 0.15) is 42.1 Å². The van der Waals surface area contributed by atoms with Crippen molar-refractivity contribution in [2.45, 2.75) is 38.9 Å². The average molecular weight is 435 g/mol. The average Bonchev–Trinajstić information content (AvgIpc) is 3.22. The van der Waals surface area contributed by atoms with Crippen molar-refractivity contribution in [3.63, 3.8) is 0 Å². The molecular formula is C22H21F4N3O2. The van der Waals surface area contributed by atoms with Gasteiger partial charge < -0.3 is 9.42 Å². The molecular weight excluding hydrogens is 414 g/mol. The first-order valence-electron chi connectivity index (χ1n) is 9.75. The van der Waals surface area contributed by atoms with Crippen LogP contribution in [0.25, 0.3) is 11.4 Å². The van der Waals surface area contributed by atoms with E-state index in [1.165, 1.54) is 36.4 Å². The number of amides is 1. The highest BCUT2D eigenvalue weighted by Crippen LogP contribution is 2.29. The summed E-state index contributed by atoms with van der Waals surface area (Å²) in [4.78, 5) is 18.8. The van der Waals surface area contributed by atoms with Crippen molar-refractivity contribution in [2.24, 2.45) is 0 Å². The molecule has 0 N–H and O–H groups in total. The van der Waals surface area contributed by atoms with Gasteiger partial charge in [0, 0.05) is 30.1 Å². The Morgan fingerprint density at radius 2 is 1.74 bits per heavy atom. The van der Waals surface area contributed by atoms with Crippen molar-refractivity contribution in [3.05, 3.63) is 71.4 Å². The molecule has 1 aromatic heterocycles. The number of hydrogen-bond donors (Lipinski definition) is 0. The summed E-state index contributed by atoms with van der Waals surface area (Å²) in [5, 5.41) is 3.88. The van der Waals surface area contributed by atoms with Crippen LogP contribution < -0.4 is 0 Å². The van der Waals surface area contributed by atoms with Crippen LogP contribution in [0.5, 0.6) is 0 Å². The summed E-state index contributed by atoms with van der Waals surface area (Å²) in [6.07, 6.45) is -3.53. The normalized spacial score (nSPS) is 12.6. The molecule has 1 amide bonds. The first kappa shape index (κ1) is 22.5. The van der Waals surface area contributed by atoms with Gasteiger partial charge in [0.2, 0.25) is 11.7 Å². The fourth-order valence-electron chi connectivity index (χ4n) is 3.00. The third kappa shape index (κ3) is 5.48. The maximum atomic E-state index is 13.1. The third-order valence-electron chi connectivity index (χ3n) is 4.98. The first-order chi connectivity index (χ1) is 14.7. The molecule has 0 radical (unpaired) electrons. The van der Waals surface area contributed by atoms with Gasteiger partial charge in [0.25, 0.3) is 5.91 Å². The molecule has 3 aromatic rings. The Morgan fingerprint density at radius 1 is 1.10 bits per heavy atom. The van der Waals surface area contributed by atoms with Crippen molar-refractivity contribution >= 4 is 5.91 Å². The van der Waals surface area contributed by atoms with E-state index < -0.39 is 11.7 Å². The maximum Gasteiger partial charge on any atom is 0.416 e. The molecule has 0 unspecified atom stereocenters. The van der Waals surface area contributed by atoms with Crippen molar-refractivity contribution in [3.8, 4) is 11.4 Å². The zero-order chi connectivity index (χ0) is 22.6. The second-order valence-electron chi connectivity index (χ2n) is 7.10. The molecule has 3 rings (SSSR count). The van der Waals surface area contributed by atoms with E-state index in [2.05, 4.69) is 10.1 Å². The van der Waals surface area contributed by atoms with E-state index in [0.717, 1.165) is 12.1 Å². The van der Waals surface area contributed by atoms with Crippen LogP contribution >= 0.6 is 0 Å². The van der Waals surface area contributed by atoms with Crippen molar-refractivity contribution in [2.75, 3.05) is 6.54 Å². The highest BCUT2D eigenvalue weighted by molar-refractivity contribution is 5.94. The van der Waals surface area contributed by atoms with E-state index in [9.17, 15) is 22.4 Å². The lowest BCUT2D eigenvalue weighted by molar-refractivity contribution is -0.137. The van der Waals surface area contributed by atoms with E-state index in [1.807, 2.05) is 13.8 Å². The minimum atomic E-state index is -4.46. The molecule has 5 nitrogen and oxygen atoms in total. The first-order valence-corrected chi connectivity index (χ1v) is 9.75. The summed E-state index contributed by atoms with van der Waals surface area (Å²) in [7, 11) is 0. The summed E-state index contributed by atoms with van der Waals surface area (Å²) in [6.45, 7) is 4.02. The van der Waals surface area contributed by atoms with E-state index >= 15 is 0 Å². The molecule has 0 spiro atoms. The minimum Gasteiger partial charge on any atom is -0.339 e. The third-order valence-corrected chi connectivity index (χ3v) is 4.98. The summed E-state index contributed by atoms with van der Waals surface area (Å²) in [6, 6.07) is 9.66. The van der Waals surface area contributed by atoms with Gasteiger partial charge in [0.15, 0.2) is 0 Å². The van der Waals surface area contributed by atoms with Gasteiger partial charge in [0.1, 0.15) is 5.82 Å². The summed E-state index contributed by atoms with van der Waals surface area (Å²) in [5.74, 6) is -0.146. The number of carbonyl (C=O) groups excluding carboxylic acids is 1. The molecule has 0 aliphatic heterocycles. The zero-order valence-electron chi connectivity index (χ0n) is 17.0. The number of hydrogen-bond acceptors (Lipinski definition) is 4. The van der Waals surface area contributed by atoms with Crippen LogP contribution in [0, 0.1) is 5.82 Å². The van der Waals surface area contributed by atoms with Gasteiger partial charge >= 0.3 is 6.18 Å². The molecule has 1 heterocycles. The number of rotatable bonds is 7. The predicted molar refractivity (Wildman–Crippen MR) is 106 cm³/mol.